The summed E-state index contributed by atoms with van der Waals surface area (Å²) < 4.78 is 6.56. The van der Waals surface area contributed by atoms with Crippen molar-refractivity contribution in [2.24, 2.45) is 0 Å². The highest BCUT2D eigenvalue weighted by atomic mass is 79.9. The third-order valence-corrected chi connectivity index (χ3v) is 3.50. The van der Waals surface area contributed by atoms with Gasteiger partial charge in [-0.1, -0.05) is 35.0 Å². The predicted octanol–water partition coefficient (Wildman–Crippen LogP) is 4.91. The van der Waals surface area contributed by atoms with Crippen molar-refractivity contribution in [3.63, 3.8) is 0 Å². The van der Waals surface area contributed by atoms with Gasteiger partial charge in [0, 0.05) is 10.2 Å². The molecular weight excluding hydrogens is 328 g/mol. The quantitative estimate of drug-likeness (QED) is 0.809. The lowest BCUT2D eigenvalue weighted by Gasteiger charge is -2.14. The van der Waals surface area contributed by atoms with Gasteiger partial charge in [-0.25, -0.2) is 0 Å². The molecule has 0 saturated carbocycles. The molecule has 1 atom stereocenters. The van der Waals surface area contributed by atoms with Crippen LogP contribution in [0.15, 0.2) is 53.0 Å². The number of nitrogens with zero attached hydrogens (tertiary/aromatic N) is 1. The van der Waals surface area contributed by atoms with Crippen molar-refractivity contribution in [3.8, 4) is 11.8 Å². The standard InChI is InChI=1S/C17H17BrN2O/c1-2-11-21-16-9-3-13(4-10-16)17(12-19)20-15-7-5-14(18)6-8-15/h3-10,17,20H,2,11H2,1H3. The lowest BCUT2D eigenvalue weighted by molar-refractivity contribution is 0.317. The highest BCUT2D eigenvalue weighted by Crippen LogP contribution is 2.23. The van der Waals surface area contributed by atoms with Crippen molar-refractivity contribution in [2.45, 2.75) is 19.4 Å². The Morgan fingerprint density at radius 2 is 1.81 bits per heavy atom. The van der Waals surface area contributed by atoms with Gasteiger partial charge in [-0.05, 0) is 48.4 Å². The van der Waals surface area contributed by atoms with Gasteiger partial charge in [0.25, 0.3) is 0 Å². The Kier molecular flexibility index (Phi) is 5.65. The van der Waals surface area contributed by atoms with Gasteiger partial charge in [-0.3, -0.25) is 0 Å². The molecular formula is C17H17BrN2O. The Morgan fingerprint density at radius 1 is 1.14 bits per heavy atom. The van der Waals surface area contributed by atoms with E-state index in [2.05, 4.69) is 34.2 Å². The summed E-state index contributed by atoms with van der Waals surface area (Å²) in [6.07, 6.45) is 0.980. The number of halogens is 1. The number of nitrogens with one attached hydrogen (secondary N) is 1. The molecule has 0 aliphatic carbocycles. The van der Waals surface area contributed by atoms with Gasteiger partial charge >= 0.3 is 0 Å². The normalized spacial score (nSPS) is 11.5. The first kappa shape index (κ1) is 15.4. The largest absolute Gasteiger partial charge is 0.494 e. The molecule has 0 amide bonds. The molecule has 0 spiro atoms. The summed E-state index contributed by atoms with van der Waals surface area (Å²) in [4.78, 5) is 0. The smallest absolute Gasteiger partial charge is 0.140 e. The molecule has 0 heterocycles. The fourth-order valence-electron chi connectivity index (χ4n) is 1.88. The van der Waals surface area contributed by atoms with Crippen molar-refractivity contribution in [2.75, 3.05) is 11.9 Å². The molecule has 1 N–H and O–H groups in total. The Bertz CT molecular complexity index is 602. The zero-order valence-corrected chi connectivity index (χ0v) is 13.4. The minimum atomic E-state index is -0.383. The molecule has 0 aromatic heterocycles. The van der Waals surface area contributed by atoms with Gasteiger partial charge in [0.2, 0.25) is 0 Å². The molecule has 2 aromatic rings. The first-order chi connectivity index (χ1) is 10.2. The minimum Gasteiger partial charge on any atom is -0.494 e. The Labute approximate surface area is 133 Å². The summed E-state index contributed by atoms with van der Waals surface area (Å²) in [5.41, 5.74) is 1.83. The second-order valence-corrected chi connectivity index (χ2v) is 5.55. The van der Waals surface area contributed by atoms with Gasteiger partial charge in [-0.15, -0.1) is 0 Å². The summed E-state index contributed by atoms with van der Waals surface area (Å²) >= 11 is 3.40. The molecule has 108 valence electrons. The van der Waals surface area contributed by atoms with E-state index in [9.17, 15) is 5.26 Å². The summed E-state index contributed by atoms with van der Waals surface area (Å²) in [6, 6.07) is 17.3. The first-order valence-corrected chi connectivity index (χ1v) is 7.66. The average molecular weight is 345 g/mol. The van der Waals surface area contributed by atoms with Crippen LogP contribution < -0.4 is 10.1 Å². The molecule has 0 aliphatic heterocycles. The van der Waals surface area contributed by atoms with E-state index in [-0.39, 0.29) is 6.04 Å². The molecule has 3 nitrogen and oxygen atoms in total. The van der Waals surface area contributed by atoms with Gasteiger partial charge in [0.15, 0.2) is 0 Å². The molecule has 2 aromatic carbocycles. The van der Waals surface area contributed by atoms with Crippen LogP contribution >= 0.6 is 15.9 Å². The van der Waals surface area contributed by atoms with Crippen molar-refractivity contribution in [3.05, 3.63) is 58.6 Å². The van der Waals surface area contributed by atoms with E-state index in [1.54, 1.807) is 0 Å². The zero-order chi connectivity index (χ0) is 15.1. The number of rotatable bonds is 6. The Morgan fingerprint density at radius 3 is 2.38 bits per heavy atom. The van der Waals surface area contributed by atoms with Crippen LogP contribution in [0.25, 0.3) is 0 Å². The van der Waals surface area contributed by atoms with E-state index < -0.39 is 0 Å². The van der Waals surface area contributed by atoms with Gasteiger partial charge < -0.3 is 10.1 Å². The lowest BCUT2D eigenvalue weighted by atomic mass is 10.1. The second kappa shape index (κ2) is 7.70. The first-order valence-electron chi connectivity index (χ1n) is 6.87. The van der Waals surface area contributed by atoms with E-state index in [1.807, 2.05) is 48.5 Å². The molecule has 0 saturated heterocycles. The topological polar surface area (TPSA) is 45.0 Å². The van der Waals surface area contributed by atoms with E-state index in [4.69, 9.17) is 4.74 Å². The number of anilines is 1. The minimum absolute atomic E-state index is 0.383. The molecule has 0 aliphatic rings. The fraction of sp³-hybridized carbons (Fsp3) is 0.235. The van der Waals surface area contributed by atoms with Crippen LogP contribution in [0.2, 0.25) is 0 Å². The number of ether oxygens (including phenoxy) is 1. The van der Waals surface area contributed by atoms with Gasteiger partial charge in [0.05, 0.1) is 12.7 Å². The van der Waals surface area contributed by atoms with Crippen molar-refractivity contribution >= 4 is 21.6 Å². The van der Waals surface area contributed by atoms with E-state index in [0.29, 0.717) is 6.61 Å². The van der Waals surface area contributed by atoms with Crippen LogP contribution in [0, 0.1) is 11.3 Å². The third kappa shape index (κ3) is 4.51. The summed E-state index contributed by atoms with van der Waals surface area (Å²) in [5, 5.41) is 12.6. The number of nitriles is 1. The van der Waals surface area contributed by atoms with Crippen molar-refractivity contribution in [1.29, 1.82) is 5.26 Å². The summed E-state index contributed by atoms with van der Waals surface area (Å²) in [7, 11) is 0. The number of hydrogen-bond donors (Lipinski definition) is 1. The Hall–Kier alpha value is -1.99. The van der Waals surface area contributed by atoms with Crippen LogP contribution in [0.5, 0.6) is 5.75 Å². The highest BCUT2D eigenvalue weighted by molar-refractivity contribution is 9.10. The average Bonchev–Trinajstić information content (AvgIpc) is 2.53. The van der Waals surface area contributed by atoms with Crippen molar-refractivity contribution in [1.82, 2.24) is 0 Å². The Balaban J connectivity index is 2.07. The second-order valence-electron chi connectivity index (χ2n) is 4.63. The molecule has 4 heteroatoms. The maximum Gasteiger partial charge on any atom is 0.140 e. The van der Waals surface area contributed by atoms with Crippen LogP contribution in [-0.2, 0) is 0 Å². The zero-order valence-electron chi connectivity index (χ0n) is 11.8. The summed E-state index contributed by atoms with van der Waals surface area (Å²) in [5.74, 6) is 0.834. The van der Waals surface area contributed by atoms with Crippen LogP contribution in [0.1, 0.15) is 24.9 Å². The maximum absolute atomic E-state index is 9.35. The molecule has 0 bridgehead atoms. The maximum atomic E-state index is 9.35. The molecule has 2 rings (SSSR count). The molecule has 0 fully saturated rings. The number of benzene rings is 2. The molecule has 1 unspecified atom stereocenters. The van der Waals surface area contributed by atoms with Crippen molar-refractivity contribution < 1.29 is 4.74 Å². The van der Waals surface area contributed by atoms with Gasteiger partial charge in [0.1, 0.15) is 11.8 Å². The molecule has 0 radical (unpaired) electrons. The number of hydrogen-bond acceptors (Lipinski definition) is 3. The van der Waals surface area contributed by atoms with Crippen LogP contribution in [-0.4, -0.2) is 6.61 Å². The highest BCUT2D eigenvalue weighted by Gasteiger charge is 2.10. The lowest BCUT2D eigenvalue weighted by Crippen LogP contribution is -2.08. The molecule has 21 heavy (non-hydrogen) atoms. The van der Waals surface area contributed by atoms with E-state index >= 15 is 0 Å². The third-order valence-electron chi connectivity index (χ3n) is 2.97. The monoisotopic (exact) mass is 344 g/mol. The fourth-order valence-corrected chi connectivity index (χ4v) is 2.14. The SMILES string of the molecule is CCCOc1ccc(C(C#N)Nc2ccc(Br)cc2)cc1. The van der Waals surface area contributed by atoms with E-state index in [1.165, 1.54) is 0 Å². The van der Waals surface area contributed by atoms with E-state index in [0.717, 1.165) is 27.9 Å². The van der Waals surface area contributed by atoms with Crippen LogP contribution in [0.4, 0.5) is 5.69 Å². The summed E-state index contributed by atoms with van der Waals surface area (Å²) in [6.45, 7) is 2.78. The predicted molar refractivity (Wildman–Crippen MR) is 88.3 cm³/mol. The van der Waals surface area contributed by atoms with Gasteiger partial charge in [-0.2, -0.15) is 5.26 Å². The van der Waals surface area contributed by atoms with Crippen LogP contribution in [0.3, 0.4) is 0 Å².